The summed E-state index contributed by atoms with van der Waals surface area (Å²) in [5.41, 5.74) is 4.26. The number of anilines is 1. The van der Waals surface area contributed by atoms with Crippen molar-refractivity contribution in [2.75, 3.05) is 11.4 Å². The third kappa shape index (κ3) is 3.43. The summed E-state index contributed by atoms with van der Waals surface area (Å²) in [4.78, 5) is 27.9. The number of pyridine rings is 1. The van der Waals surface area contributed by atoms with Crippen molar-refractivity contribution in [3.05, 3.63) is 99.5 Å². The number of aryl methyl sites for hydroxylation is 2. The number of amides is 1. The largest absolute Gasteiger partial charge is 0.310 e. The monoisotopic (exact) mass is 358 g/mol. The Hall–Kier alpha value is -3.14. The van der Waals surface area contributed by atoms with Gasteiger partial charge in [-0.15, -0.1) is 0 Å². The van der Waals surface area contributed by atoms with Gasteiger partial charge in [-0.05, 0) is 49.1 Å². The normalized spacial score (nSPS) is 13.3. The molecule has 4 rings (SSSR count). The smallest absolute Gasteiger partial charge is 0.263 e. The number of hydrogen-bond donors (Lipinski definition) is 0. The summed E-state index contributed by atoms with van der Waals surface area (Å²) < 4.78 is 1.61. The highest BCUT2D eigenvalue weighted by molar-refractivity contribution is 6.06. The van der Waals surface area contributed by atoms with Gasteiger partial charge in [0.1, 0.15) is 5.56 Å². The quantitative estimate of drug-likeness (QED) is 0.715. The Morgan fingerprint density at radius 2 is 1.89 bits per heavy atom. The minimum Gasteiger partial charge on any atom is -0.310 e. The van der Waals surface area contributed by atoms with Gasteiger partial charge in [0.15, 0.2) is 0 Å². The number of para-hydroxylation sites is 1. The van der Waals surface area contributed by atoms with Crippen LogP contribution in [0.1, 0.15) is 33.5 Å². The number of hydrogen-bond acceptors (Lipinski definition) is 2. The number of carbonyl (C=O) groups is 1. The number of rotatable bonds is 3. The lowest BCUT2D eigenvalue weighted by Gasteiger charge is -2.29. The third-order valence-electron chi connectivity index (χ3n) is 5.04. The molecule has 4 heteroatoms. The SMILES string of the molecule is Cc1cccc(Cn2cccc(C(=O)N3CCCc4ccccc43)c2=O)c1. The number of aromatic nitrogens is 1. The number of carbonyl (C=O) groups excluding carboxylic acids is 1. The van der Waals surface area contributed by atoms with Gasteiger partial charge in [0, 0.05) is 18.4 Å². The molecular formula is C23H22N2O2. The first-order chi connectivity index (χ1) is 13.1. The molecule has 0 saturated carbocycles. The second-order valence-electron chi connectivity index (χ2n) is 7.03. The van der Waals surface area contributed by atoms with Gasteiger partial charge in [0.25, 0.3) is 11.5 Å². The Bertz CT molecular complexity index is 1050. The van der Waals surface area contributed by atoms with Crippen molar-refractivity contribution in [3.8, 4) is 0 Å². The van der Waals surface area contributed by atoms with E-state index in [-0.39, 0.29) is 17.0 Å². The van der Waals surface area contributed by atoms with Gasteiger partial charge >= 0.3 is 0 Å². The van der Waals surface area contributed by atoms with Crippen molar-refractivity contribution in [1.82, 2.24) is 4.57 Å². The molecule has 27 heavy (non-hydrogen) atoms. The molecule has 0 unspecified atom stereocenters. The molecule has 1 aromatic heterocycles. The van der Waals surface area contributed by atoms with Crippen molar-refractivity contribution < 1.29 is 4.79 Å². The molecule has 0 radical (unpaired) electrons. The summed E-state index contributed by atoms with van der Waals surface area (Å²) in [6.07, 6.45) is 3.62. The van der Waals surface area contributed by atoms with Crippen LogP contribution in [0.15, 0.2) is 71.7 Å². The summed E-state index contributed by atoms with van der Waals surface area (Å²) in [6.45, 7) is 3.13. The van der Waals surface area contributed by atoms with Gasteiger partial charge in [-0.2, -0.15) is 0 Å². The summed E-state index contributed by atoms with van der Waals surface area (Å²) in [5, 5.41) is 0. The van der Waals surface area contributed by atoms with Crippen molar-refractivity contribution in [3.63, 3.8) is 0 Å². The molecule has 4 nitrogen and oxygen atoms in total. The minimum atomic E-state index is -0.243. The van der Waals surface area contributed by atoms with Crippen LogP contribution in [0.4, 0.5) is 5.69 Å². The molecule has 136 valence electrons. The van der Waals surface area contributed by atoms with E-state index in [4.69, 9.17) is 0 Å². The van der Waals surface area contributed by atoms with Gasteiger partial charge in [-0.25, -0.2) is 0 Å². The zero-order valence-corrected chi connectivity index (χ0v) is 15.4. The molecule has 2 aromatic carbocycles. The van der Waals surface area contributed by atoms with Gasteiger partial charge in [-0.1, -0.05) is 48.0 Å². The number of benzene rings is 2. The molecule has 0 atom stereocenters. The topological polar surface area (TPSA) is 42.3 Å². The zero-order valence-electron chi connectivity index (χ0n) is 15.4. The predicted molar refractivity (Wildman–Crippen MR) is 107 cm³/mol. The highest BCUT2D eigenvalue weighted by Gasteiger charge is 2.25. The summed E-state index contributed by atoms with van der Waals surface area (Å²) in [6, 6.07) is 19.4. The molecule has 0 saturated heterocycles. The Labute approximate surface area is 158 Å². The first-order valence-corrected chi connectivity index (χ1v) is 9.28. The van der Waals surface area contributed by atoms with Gasteiger partial charge in [-0.3, -0.25) is 9.59 Å². The average Bonchev–Trinajstić information content (AvgIpc) is 2.69. The first-order valence-electron chi connectivity index (χ1n) is 9.28. The Kier molecular flexibility index (Phi) is 4.63. The molecule has 3 aromatic rings. The van der Waals surface area contributed by atoms with E-state index >= 15 is 0 Å². The molecule has 0 fully saturated rings. The highest BCUT2D eigenvalue weighted by atomic mass is 16.2. The van der Waals surface area contributed by atoms with E-state index in [1.54, 1.807) is 27.8 Å². The van der Waals surface area contributed by atoms with E-state index in [1.807, 2.05) is 43.3 Å². The van der Waals surface area contributed by atoms with Crippen LogP contribution in [-0.4, -0.2) is 17.0 Å². The molecule has 0 bridgehead atoms. The molecular weight excluding hydrogens is 336 g/mol. The molecule has 0 aliphatic carbocycles. The minimum absolute atomic E-state index is 0.217. The number of nitrogens with zero attached hydrogens (tertiary/aromatic N) is 2. The van der Waals surface area contributed by atoms with E-state index in [0.717, 1.165) is 35.2 Å². The van der Waals surface area contributed by atoms with Crippen LogP contribution >= 0.6 is 0 Å². The molecule has 1 aliphatic rings. The number of fused-ring (bicyclic) bond motifs is 1. The van der Waals surface area contributed by atoms with E-state index in [0.29, 0.717) is 13.1 Å². The van der Waals surface area contributed by atoms with Gasteiger partial charge in [0.05, 0.1) is 6.54 Å². The van der Waals surface area contributed by atoms with Crippen LogP contribution < -0.4 is 10.5 Å². The van der Waals surface area contributed by atoms with Gasteiger partial charge < -0.3 is 9.47 Å². The molecule has 0 N–H and O–H groups in total. The van der Waals surface area contributed by atoms with E-state index in [1.165, 1.54) is 0 Å². The lowest BCUT2D eigenvalue weighted by atomic mass is 10.0. The van der Waals surface area contributed by atoms with Crippen LogP contribution in [0.25, 0.3) is 0 Å². The van der Waals surface area contributed by atoms with Crippen molar-refractivity contribution in [2.24, 2.45) is 0 Å². The Morgan fingerprint density at radius 3 is 2.74 bits per heavy atom. The Balaban J connectivity index is 1.67. The van der Waals surface area contributed by atoms with Crippen LogP contribution in [0.3, 0.4) is 0 Å². The van der Waals surface area contributed by atoms with E-state index in [2.05, 4.69) is 12.1 Å². The van der Waals surface area contributed by atoms with Crippen LogP contribution in [-0.2, 0) is 13.0 Å². The Morgan fingerprint density at radius 1 is 1.04 bits per heavy atom. The maximum atomic E-state index is 13.2. The summed E-state index contributed by atoms with van der Waals surface area (Å²) in [5.74, 6) is -0.217. The third-order valence-corrected chi connectivity index (χ3v) is 5.04. The maximum absolute atomic E-state index is 13.2. The molecule has 0 spiro atoms. The summed E-state index contributed by atoms with van der Waals surface area (Å²) in [7, 11) is 0. The first kappa shape index (κ1) is 17.3. The fraction of sp³-hybridized carbons (Fsp3) is 0.217. The second kappa shape index (κ2) is 7.23. The van der Waals surface area contributed by atoms with Gasteiger partial charge in [0.2, 0.25) is 0 Å². The van der Waals surface area contributed by atoms with Crippen molar-refractivity contribution >= 4 is 11.6 Å². The lowest BCUT2D eigenvalue weighted by Crippen LogP contribution is -2.39. The van der Waals surface area contributed by atoms with Crippen LogP contribution in [0.5, 0.6) is 0 Å². The highest BCUT2D eigenvalue weighted by Crippen LogP contribution is 2.27. The van der Waals surface area contributed by atoms with E-state index < -0.39 is 0 Å². The fourth-order valence-corrected chi connectivity index (χ4v) is 3.72. The van der Waals surface area contributed by atoms with E-state index in [9.17, 15) is 9.59 Å². The molecule has 1 aliphatic heterocycles. The van der Waals surface area contributed by atoms with Crippen molar-refractivity contribution in [1.29, 1.82) is 0 Å². The average molecular weight is 358 g/mol. The summed E-state index contributed by atoms with van der Waals surface area (Å²) >= 11 is 0. The maximum Gasteiger partial charge on any atom is 0.263 e. The van der Waals surface area contributed by atoms with Crippen LogP contribution in [0, 0.1) is 6.92 Å². The van der Waals surface area contributed by atoms with Crippen LogP contribution in [0.2, 0.25) is 0 Å². The standard InChI is InChI=1S/C23H22N2O2/c1-17-7-4-8-18(15-17)16-24-13-6-11-20(22(24)26)23(27)25-14-5-10-19-9-2-3-12-21(19)25/h2-4,6-9,11-13,15H,5,10,14,16H2,1H3. The van der Waals surface area contributed by atoms with Crippen molar-refractivity contribution in [2.45, 2.75) is 26.3 Å². The molecule has 1 amide bonds. The molecule has 2 heterocycles. The second-order valence-corrected chi connectivity index (χ2v) is 7.03. The zero-order chi connectivity index (χ0) is 18.8. The fourth-order valence-electron chi connectivity index (χ4n) is 3.72. The predicted octanol–water partition coefficient (Wildman–Crippen LogP) is 3.80. The lowest BCUT2D eigenvalue weighted by molar-refractivity contribution is 0.0983.